The monoisotopic (exact) mass is 480 g/mol. The summed E-state index contributed by atoms with van der Waals surface area (Å²) in [7, 11) is -2.14. The van der Waals surface area contributed by atoms with Gasteiger partial charge in [-0.3, -0.25) is 9.52 Å². The van der Waals surface area contributed by atoms with Gasteiger partial charge >= 0.3 is 0 Å². The number of carbonyl (C=O) groups excluding carboxylic acids is 1. The fourth-order valence-electron chi connectivity index (χ4n) is 3.70. The lowest BCUT2D eigenvalue weighted by Gasteiger charge is -2.20. The number of hydrogen-bond donors (Lipinski definition) is 1. The Morgan fingerprint density at radius 3 is 2.52 bits per heavy atom. The van der Waals surface area contributed by atoms with Crippen molar-refractivity contribution in [1.29, 1.82) is 0 Å². The molecule has 0 saturated carbocycles. The molecule has 0 saturated heterocycles. The van der Waals surface area contributed by atoms with Gasteiger partial charge < -0.3 is 14.4 Å². The molecule has 0 aliphatic carbocycles. The normalized spacial score (nSPS) is 12.6. The maximum absolute atomic E-state index is 13.5. The van der Waals surface area contributed by atoms with Crippen molar-refractivity contribution in [1.82, 2.24) is 4.90 Å². The van der Waals surface area contributed by atoms with Crippen LogP contribution in [-0.4, -0.2) is 33.1 Å². The molecule has 0 unspecified atom stereocenters. The molecule has 0 fully saturated rings. The van der Waals surface area contributed by atoms with Gasteiger partial charge in [0, 0.05) is 13.6 Å². The van der Waals surface area contributed by atoms with E-state index in [0.717, 1.165) is 27.7 Å². The predicted octanol–water partition coefficient (Wildman–Crippen LogP) is 4.70. The van der Waals surface area contributed by atoms with Gasteiger partial charge in [-0.1, -0.05) is 36.4 Å². The number of anilines is 1. The SMILES string of the molecule is CN(Cc1ccc2c(c1)OCO2)C(=O)c1cc2ccccc2cc1NS(=O)(=O)c1cccs1. The van der Waals surface area contributed by atoms with Crippen LogP contribution in [0.2, 0.25) is 0 Å². The Labute approximate surface area is 195 Å². The Kier molecular flexibility index (Phi) is 5.43. The van der Waals surface area contributed by atoms with E-state index in [9.17, 15) is 13.2 Å². The summed E-state index contributed by atoms with van der Waals surface area (Å²) in [5.74, 6) is 1.01. The van der Waals surface area contributed by atoms with E-state index in [1.807, 2.05) is 42.5 Å². The van der Waals surface area contributed by atoms with Gasteiger partial charge in [-0.05, 0) is 52.0 Å². The predicted molar refractivity (Wildman–Crippen MR) is 127 cm³/mol. The van der Waals surface area contributed by atoms with Crippen molar-refractivity contribution in [2.24, 2.45) is 0 Å². The fourth-order valence-corrected chi connectivity index (χ4v) is 5.77. The van der Waals surface area contributed by atoms with E-state index in [2.05, 4.69) is 4.72 Å². The van der Waals surface area contributed by atoms with Crippen LogP contribution in [-0.2, 0) is 16.6 Å². The number of benzene rings is 3. The number of hydrogen-bond acceptors (Lipinski definition) is 6. The fraction of sp³-hybridized carbons (Fsp3) is 0.125. The number of fused-ring (bicyclic) bond motifs is 2. The van der Waals surface area contributed by atoms with Crippen molar-refractivity contribution in [2.75, 3.05) is 18.6 Å². The standard InChI is InChI=1S/C24H20N2O5S2/c1-26(14-16-8-9-21-22(11-16)31-15-30-21)24(27)19-12-17-5-2-3-6-18(17)13-20(19)25-33(28,29)23-7-4-10-32-23/h2-13,25H,14-15H2,1H3. The Bertz CT molecular complexity index is 1450. The maximum atomic E-state index is 13.5. The summed E-state index contributed by atoms with van der Waals surface area (Å²) >= 11 is 1.12. The zero-order chi connectivity index (χ0) is 23.0. The highest BCUT2D eigenvalue weighted by Gasteiger charge is 2.23. The van der Waals surface area contributed by atoms with Gasteiger partial charge in [-0.25, -0.2) is 8.42 Å². The molecule has 5 rings (SSSR count). The van der Waals surface area contributed by atoms with Crippen LogP contribution >= 0.6 is 11.3 Å². The molecule has 1 aromatic heterocycles. The largest absolute Gasteiger partial charge is 0.454 e. The van der Waals surface area contributed by atoms with Crippen LogP contribution in [0, 0.1) is 0 Å². The minimum absolute atomic E-state index is 0.179. The summed E-state index contributed by atoms with van der Waals surface area (Å²) in [6.45, 7) is 0.498. The first kappa shape index (κ1) is 21.3. The third kappa shape index (κ3) is 4.24. The first-order valence-electron chi connectivity index (χ1n) is 10.1. The molecule has 9 heteroatoms. The molecule has 3 aromatic carbocycles. The lowest BCUT2D eigenvalue weighted by molar-refractivity contribution is 0.0786. The van der Waals surface area contributed by atoms with E-state index < -0.39 is 10.0 Å². The topological polar surface area (TPSA) is 84.9 Å². The summed E-state index contributed by atoms with van der Waals surface area (Å²) in [5, 5.41) is 3.37. The van der Waals surface area contributed by atoms with Crippen LogP contribution in [0.3, 0.4) is 0 Å². The number of sulfonamides is 1. The quantitative estimate of drug-likeness (QED) is 0.432. The van der Waals surface area contributed by atoms with E-state index in [0.29, 0.717) is 18.0 Å². The van der Waals surface area contributed by atoms with Crippen LogP contribution in [0.4, 0.5) is 5.69 Å². The zero-order valence-electron chi connectivity index (χ0n) is 17.6. The minimum atomic E-state index is -3.82. The van der Waals surface area contributed by atoms with Gasteiger partial charge in [-0.2, -0.15) is 0 Å². The van der Waals surface area contributed by atoms with Crippen molar-refractivity contribution >= 4 is 43.7 Å². The summed E-state index contributed by atoms with van der Waals surface area (Å²) in [6, 6.07) is 19.7. The second-order valence-corrected chi connectivity index (χ2v) is 10.5. The third-order valence-electron chi connectivity index (χ3n) is 5.32. The van der Waals surface area contributed by atoms with Crippen molar-refractivity contribution in [3.8, 4) is 11.5 Å². The summed E-state index contributed by atoms with van der Waals surface area (Å²) in [6.07, 6.45) is 0. The number of nitrogens with one attached hydrogen (secondary N) is 1. The number of rotatable bonds is 6. The van der Waals surface area contributed by atoms with E-state index >= 15 is 0 Å². The summed E-state index contributed by atoms with van der Waals surface area (Å²) in [4.78, 5) is 15.0. The van der Waals surface area contributed by atoms with Crippen molar-refractivity contribution < 1.29 is 22.7 Å². The first-order valence-corrected chi connectivity index (χ1v) is 12.5. The number of amides is 1. The van der Waals surface area contributed by atoms with Gasteiger partial charge in [0.05, 0.1) is 11.3 Å². The first-order chi connectivity index (χ1) is 15.9. The average Bonchev–Trinajstić information content (AvgIpc) is 3.50. The Hall–Kier alpha value is -3.56. The highest BCUT2D eigenvalue weighted by atomic mass is 32.2. The number of nitrogens with zero attached hydrogens (tertiary/aromatic N) is 1. The summed E-state index contributed by atoms with van der Waals surface area (Å²) in [5.41, 5.74) is 1.39. The lowest BCUT2D eigenvalue weighted by atomic mass is 10.0. The van der Waals surface area contributed by atoms with E-state index in [4.69, 9.17) is 9.47 Å². The van der Waals surface area contributed by atoms with Gasteiger partial charge in [-0.15, -0.1) is 11.3 Å². The maximum Gasteiger partial charge on any atom is 0.271 e. The molecule has 2 heterocycles. The van der Waals surface area contributed by atoms with Gasteiger partial charge in [0.15, 0.2) is 11.5 Å². The zero-order valence-corrected chi connectivity index (χ0v) is 19.3. The third-order valence-corrected chi connectivity index (χ3v) is 8.09. The highest BCUT2D eigenvalue weighted by Crippen LogP contribution is 2.33. The summed E-state index contributed by atoms with van der Waals surface area (Å²) < 4.78 is 39.3. The second kappa shape index (κ2) is 8.42. The number of ether oxygens (including phenoxy) is 2. The molecule has 4 aromatic rings. The molecule has 0 atom stereocenters. The molecule has 1 aliphatic rings. The van der Waals surface area contributed by atoms with Crippen molar-refractivity contribution in [3.05, 3.63) is 83.2 Å². The molecule has 1 N–H and O–H groups in total. The smallest absolute Gasteiger partial charge is 0.271 e. The second-order valence-electron chi connectivity index (χ2n) is 7.63. The lowest BCUT2D eigenvalue weighted by Crippen LogP contribution is -2.27. The van der Waals surface area contributed by atoms with E-state index in [1.54, 1.807) is 35.5 Å². The molecule has 33 heavy (non-hydrogen) atoms. The van der Waals surface area contributed by atoms with Crippen LogP contribution in [0.25, 0.3) is 10.8 Å². The molecule has 1 aliphatic heterocycles. The Morgan fingerprint density at radius 2 is 1.76 bits per heavy atom. The molecule has 0 radical (unpaired) electrons. The molecule has 7 nitrogen and oxygen atoms in total. The Balaban J connectivity index is 1.49. The highest BCUT2D eigenvalue weighted by molar-refractivity contribution is 7.94. The molecular weight excluding hydrogens is 460 g/mol. The van der Waals surface area contributed by atoms with Crippen LogP contribution in [0.5, 0.6) is 11.5 Å². The molecule has 168 valence electrons. The van der Waals surface area contributed by atoms with Crippen molar-refractivity contribution in [3.63, 3.8) is 0 Å². The minimum Gasteiger partial charge on any atom is -0.454 e. The van der Waals surface area contributed by atoms with Gasteiger partial charge in [0.2, 0.25) is 6.79 Å². The van der Waals surface area contributed by atoms with Crippen LogP contribution in [0.1, 0.15) is 15.9 Å². The van der Waals surface area contributed by atoms with E-state index in [1.165, 1.54) is 6.07 Å². The van der Waals surface area contributed by atoms with E-state index in [-0.39, 0.29) is 28.2 Å². The molecule has 0 spiro atoms. The molecule has 1 amide bonds. The van der Waals surface area contributed by atoms with Crippen LogP contribution in [0.15, 0.2) is 76.3 Å². The van der Waals surface area contributed by atoms with Crippen molar-refractivity contribution in [2.45, 2.75) is 10.8 Å². The molecular formula is C24H20N2O5S2. The average molecular weight is 481 g/mol. The molecule has 0 bridgehead atoms. The van der Waals surface area contributed by atoms with Crippen LogP contribution < -0.4 is 14.2 Å². The number of thiophene rings is 1. The number of carbonyl (C=O) groups is 1. The van der Waals surface area contributed by atoms with Gasteiger partial charge in [0.1, 0.15) is 4.21 Å². The Morgan fingerprint density at radius 1 is 1.00 bits per heavy atom. The van der Waals surface area contributed by atoms with Gasteiger partial charge in [0.25, 0.3) is 15.9 Å².